The molecule has 0 heterocycles. The Bertz CT molecular complexity index is 1080. The molecule has 0 aromatic heterocycles. The molecule has 1 atom stereocenters. The smallest absolute Gasteiger partial charge is 0.255 e. The van der Waals surface area contributed by atoms with Gasteiger partial charge in [-0.3, -0.25) is 9.59 Å². The zero-order valence-electron chi connectivity index (χ0n) is 15.8. The highest BCUT2D eigenvalue weighted by atomic mass is 35.5. The van der Waals surface area contributed by atoms with Crippen molar-refractivity contribution in [1.29, 1.82) is 0 Å². The summed E-state index contributed by atoms with van der Waals surface area (Å²) < 4.78 is 23.3. The van der Waals surface area contributed by atoms with E-state index < -0.39 is 15.7 Å². The number of benzene rings is 2. The molecule has 0 saturated heterocycles. The van der Waals surface area contributed by atoms with Crippen LogP contribution < -0.4 is 10.6 Å². The fourth-order valence-electron chi connectivity index (χ4n) is 3.07. The molecule has 29 heavy (non-hydrogen) atoms. The van der Waals surface area contributed by atoms with Crippen molar-refractivity contribution in [3.05, 3.63) is 65.2 Å². The van der Waals surface area contributed by atoms with E-state index in [1.165, 1.54) is 24.3 Å². The lowest BCUT2D eigenvalue weighted by Crippen LogP contribution is -2.15. The number of amides is 2. The van der Waals surface area contributed by atoms with E-state index in [2.05, 4.69) is 22.8 Å². The van der Waals surface area contributed by atoms with E-state index in [9.17, 15) is 18.0 Å². The maximum absolute atomic E-state index is 12.5. The number of rotatable bonds is 6. The quantitative estimate of drug-likeness (QED) is 0.666. The van der Waals surface area contributed by atoms with Gasteiger partial charge in [0, 0.05) is 23.9 Å². The van der Waals surface area contributed by atoms with Gasteiger partial charge in [-0.05, 0) is 55.2 Å². The van der Waals surface area contributed by atoms with E-state index in [0.717, 1.165) is 19.1 Å². The standard InChI is InChI=1S/C21H21ClN2O4S/c1-29(27,28)17-8-4-7-15(12-17)21(26)24-19-10-9-16(13-18(19)22)23-20(25)11-14-5-2-3-6-14/h2,4-5,7-10,12-14H,3,6,11H2,1H3,(H,23,25)(H,24,26)/t14-/m0/s1. The molecular weight excluding hydrogens is 412 g/mol. The van der Waals surface area contributed by atoms with Crippen molar-refractivity contribution in [3.63, 3.8) is 0 Å². The van der Waals surface area contributed by atoms with Crippen LogP contribution >= 0.6 is 11.6 Å². The number of hydrogen-bond acceptors (Lipinski definition) is 4. The van der Waals surface area contributed by atoms with Crippen LogP contribution in [0, 0.1) is 5.92 Å². The van der Waals surface area contributed by atoms with Crippen molar-refractivity contribution in [1.82, 2.24) is 0 Å². The molecule has 152 valence electrons. The fourth-order valence-corrected chi connectivity index (χ4v) is 3.97. The zero-order valence-corrected chi connectivity index (χ0v) is 17.4. The number of allylic oxidation sites excluding steroid dienone is 2. The summed E-state index contributed by atoms with van der Waals surface area (Å²) in [4.78, 5) is 24.7. The molecule has 0 bridgehead atoms. The molecule has 1 aliphatic carbocycles. The summed E-state index contributed by atoms with van der Waals surface area (Å²) in [5, 5.41) is 5.73. The Kier molecular flexibility index (Phi) is 6.39. The van der Waals surface area contributed by atoms with Crippen LogP contribution in [0.4, 0.5) is 11.4 Å². The second-order valence-electron chi connectivity index (χ2n) is 6.97. The van der Waals surface area contributed by atoms with Crippen LogP contribution in [0.15, 0.2) is 59.5 Å². The first-order valence-electron chi connectivity index (χ1n) is 9.10. The average Bonchev–Trinajstić information content (AvgIpc) is 3.16. The summed E-state index contributed by atoms with van der Waals surface area (Å²) in [6.45, 7) is 0. The van der Waals surface area contributed by atoms with Gasteiger partial charge in [0.05, 0.1) is 15.6 Å². The fraction of sp³-hybridized carbons (Fsp3) is 0.238. The minimum atomic E-state index is -3.42. The molecule has 0 fully saturated rings. The lowest BCUT2D eigenvalue weighted by Gasteiger charge is -2.12. The highest BCUT2D eigenvalue weighted by Crippen LogP contribution is 2.27. The summed E-state index contributed by atoms with van der Waals surface area (Å²) in [6, 6.07) is 10.6. The summed E-state index contributed by atoms with van der Waals surface area (Å²) >= 11 is 6.25. The van der Waals surface area contributed by atoms with Crippen molar-refractivity contribution in [2.75, 3.05) is 16.9 Å². The Morgan fingerprint density at radius 2 is 1.93 bits per heavy atom. The Morgan fingerprint density at radius 3 is 2.59 bits per heavy atom. The van der Waals surface area contributed by atoms with Crippen LogP contribution in [0.3, 0.4) is 0 Å². The van der Waals surface area contributed by atoms with Crippen LogP contribution in [-0.2, 0) is 14.6 Å². The Balaban J connectivity index is 1.66. The van der Waals surface area contributed by atoms with E-state index >= 15 is 0 Å². The first kappa shape index (κ1) is 21.1. The second kappa shape index (κ2) is 8.80. The van der Waals surface area contributed by atoms with E-state index in [1.54, 1.807) is 18.2 Å². The summed E-state index contributed by atoms with van der Waals surface area (Å²) in [7, 11) is -3.42. The highest BCUT2D eigenvalue weighted by Gasteiger charge is 2.16. The third kappa shape index (κ3) is 5.68. The summed E-state index contributed by atoms with van der Waals surface area (Å²) in [5.74, 6) is -0.305. The van der Waals surface area contributed by atoms with Gasteiger partial charge in [0.2, 0.25) is 5.91 Å². The molecule has 0 saturated carbocycles. The van der Waals surface area contributed by atoms with Gasteiger partial charge in [0.25, 0.3) is 5.91 Å². The predicted molar refractivity (Wildman–Crippen MR) is 114 cm³/mol. The minimum Gasteiger partial charge on any atom is -0.326 e. The van der Waals surface area contributed by atoms with E-state index in [1.807, 2.05) is 0 Å². The van der Waals surface area contributed by atoms with Crippen LogP contribution in [0.1, 0.15) is 29.6 Å². The topological polar surface area (TPSA) is 92.3 Å². The van der Waals surface area contributed by atoms with Gasteiger partial charge in [0.1, 0.15) is 0 Å². The normalized spacial score (nSPS) is 15.9. The number of carbonyl (C=O) groups excluding carboxylic acids is 2. The van der Waals surface area contributed by atoms with Crippen molar-refractivity contribution in [3.8, 4) is 0 Å². The van der Waals surface area contributed by atoms with E-state index in [-0.39, 0.29) is 27.3 Å². The van der Waals surface area contributed by atoms with Crippen LogP contribution in [0.5, 0.6) is 0 Å². The van der Waals surface area contributed by atoms with Crippen LogP contribution in [0.2, 0.25) is 5.02 Å². The molecule has 2 N–H and O–H groups in total. The molecule has 8 heteroatoms. The molecule has 6 nitrogen and oxygen atoms in total. The first-order chi connectivity index (χ1) is 13.7. The van der Waals surface area contributed by atoms with E-state index in [0.29, 0.717) is 17.8 Å². The van der Waals surface area contributed by atoms with Crippen molar-refractivity contribution < 1.29 is 18.0 Å². The molecule has 0 radical (unpaired) electrons. The van der Waals surface area contributed by atoms with Gasteiger partial charge >= 0.3 is 0 Å². The molecular formula is C21H21ClN2O4S. The number of sulfone groups is 1. The molecule has 0 spiro atoms. The summed E-state index contributed by atoms with van der Waals surface area (Å²) in [6.07, 6.45) is 7.63. The number of carbonyl (C=O) groups is 2. The molecule has 1 aliphatic rings. The van der Waals surface area contributed by atoms with Gasteiger partial charge < -0.3 is 10.6 Å². The molecule has 0 aliphatic heterocycles. The molecule has 2 amide bonds. The van der Waals surface area contributed by atoms with Crippen LogP contribution in [0.25, 0.3) is 0 Å². The van der Waals surface area contributed by atoms with Gasteiger partial charge in [-0.1, -0.05) is 29.8 Å². The zero-order chi connectivity index (χ0) is 21.0. The van der Waals surface area contributed by atoms with Crippen molar-refractivity contribution in [2.45, 2.75) is 24.2 Å². The molecule has 3 rings (SSSR count). The number of anilines is 2. The Hall–Kier alpha value is -2.64. The van der Waals surface area contributed by atoms with Gasteiger partial charge in [-0.15, -0.1) is 0 Å². The van der Waals surface area contributed by atoms with Crippen molar-refractivity contribution >= 4 is 44.6 Å². The molecule has 2 aromatic rings. The number of nitrogens with one attached hydrogen (secondary N) is 2. The highest BCUT2D eigenvalue weighted by molar-refractivity contribution is 7.90. The Labute approximate surface area is 174 Å². The second-order valence-corrected chi connectivity index (χ2v) is 9.39. The van der Waals surface area contributed by atoms with Crippen LogP contribution in [-0.4, -0.2) is 26.5 Å². The number of halogens is 1. The monoisotopic (exact) mass is 432 g/mol. The minimum absolute atomic E-state index is 0.0615. The molecule has 0 unspecified atom stereocenters. The maximum Gasteiger partial charge on any atom is 0.255 e. The lowest BCUT2D eigenvalue weighted by molar-refractivity contribution is -0.116. The maximum atomic E-state index is 12.5. The van der Waals surface area contributed by atoms with Gasteiger partial charge in [-0.2, -0.15) is 0 Å². The number of hydrogen-bond donors (Lipinski definition) is 2. The largest absolute Gasteiger partial charge is 0.326 e. The predicted octanol–water partition coefficient (Wildman–Crippen LogP) is 4.29. The molecule has 2 aromatic carbocycles. The first-order valence-corrected chi connectivity index (χ1v) is 11.4. The van der Waals surface area contributed by atoms with Gasteiger partial charge in [0.15, 0.2) is 9.84 Å². The van der Waals surface area contributed by atoms with Gasteiger partial charge in [-0.25, -0.2) is 8.42 Å². The van der Waals surface area contributed by atoms with E-state index in [4.69, 9.17) is 11.6 Å². The third-order valence-electron chi connectivity index (χ3n) is 4.59. The Morgan fingerprint density at radius 1 is 1.14 bits per heavy atom. The third-order valence-corrected chi connectivity index (χ3v) is 6.01. The van der Waals surface area contributed by atoms with Crippen molar-refractivity contribution in [2.24, 2.45) is 5.92 Å². The summed E-state index contributed by atoms with van der Waals surface area (Å²) in [5.41, 5.74) is 1.10. The average molecular weight is 433 g/mol. The lowest BCUT2D eigenvalue weighted by atomic mass is 10.1. The SMILES string of the molecule is CS(=O)(=O)c1cccc(C(=O)Nc2ccc(NC(=O)C[C@H]3C=CCC3)cc2Cl)c1.